The van der Waals surface area contributed by atoms with E-state index in [0.717, 1.165) is 30.6 Å². The average molecular weight is 594 g/mol. The predicted octanol–water partition coefficient (Wildman–Crippen LogP) is 5.68. The van der Waals surface area contributed by atoms with E-state index in [4.69, 9.17) is 9.47 Å². The van der Waals surface area contributed by atoms with Gasteiger partial charge < -0.3 is 25.0 Å². The van der Waals surface area contributed by atoms with Crippen molar-refractivity contribution in [2.24, 2.45) is 5.92 Å². The highest BCUT2D eigenvalue weighted by atomic mass is 32.1. The van der Waals surface area contributed by atoms with Crippen molar-refractivity contribution in [2.75, 3.05) is 30.3 Å². The summed E-state index contributed by atoms with van der Waals surface area (Å²) in [4.78, 5) is 38.3. The van der Waals surface area contributed by atoms with Crippen LogP contribution in [0.2, 0.25) is 0 Å². The molecule has 3 aromatic rings. The van der Waals surface area contributed by atoms with Crippen LogP contribution in [0.1, 0.15) is 55.4 Å². The number of hydrogen-bond donors (Lipinski definition) is 2. The van der Waals surface area contributed by atoms with Gasteiger partial charge in [-0.05, 0) is 64.1 Å². The molecule has 1 fully saturated rings. The normalized spacial score (nSPS) is 14.5. The van der Waals surface area contributed by atoms with E-state index >= 15 is 0 Å². The first-order valence-corrected chi connectivity index (χ1v) is 13.6. The van der Waals surface area contributed by atoms with Gasteiger partial charge in [0.15, 0.2) is 5.69 Å². The molecule has 0 spiro atoms. The van der Waals surface area contributed by atoms with Crippen molar-refractivity contribution in [2.45, 2.75) is 52.3 Å². The Morgan fingerprint density at radius 1 is 1.12 bits per heavy atom. The zero-order valence-corrected chi connectivity index (χ0v) is 23.7. The number of nitrogens with one attached hydrogen (secondary N) is 2. The largest absolute Gasteiger partial charge is 0.477 e. The third-order valence-electron chi connectivity index (χ3n) is 5.98. The molecule has 0 atom stereocenters. The Morgan fingerprint density at radius 2 is 1.85 bits per heavy atom. The Balaban J connectivity index is 1.29. The number of rotatable bonds is 7. The maximum absolute atomic E-state index is 13.0. The number of aryl methyl sites for hydroxylation is 1. The van der Waals surface area contributed by atoms with Crippen molar-refractivity contribution in [3.8, 4) is 5.88 Å². The molecule has 0 radical (unpaired) electrons. The van der Waals surface area contributed by atoms with Crippen LogP contribution >= 0.6 is 11.5 Å². The number of alkyl halides is 3. The minimum absolute atomic E-state index is 0.160. The van der Waals surface area contributed by atoms with Crippen molar-refractivity contribution in [1.82, 2.24) is 24.2 Å². The number of carbonyl (C=O) groups is 2. The summed E-state index contributed by atoms with van der Waals surface area (Å²) in [6.45, 7) is 8.75. The Labute approximate surface area is 238 Å². The molecule has 220 valence electrons. The number of aromatic nitrogens is 4. The molecule has 4 rings (SSSR count). The molecule has 1 saturated heterocycles. The lowest BCUT2D eigenvalue weighted by Gasteiger charge is -2.33. The van der Waals surface area contributed by atoms with E-state index in [1.165, 1.54) is 6.20 Å². The topological polar surface area (TPSA) is 131 Å². The fourth-order valence-corrected chi connectivity index (χ4v) is 4.75. The number of nitrogens with zero attached hydrogens (tertiary/aromatic N) is 5. The number of ether oxygens (including phenoxy) is 2. The number of carbonyl (C=O) groups excluding carboxylic acids is 2. The summed E-state index contributed by atoms with van der Waals surface area (Å²) in [7, 11) is 0. The molecule has 0 bridgehead atoms. The van der Waals surface area contributed by atoms with Gasteiger partial charge in [0.05, 0.1) is 42.1 Å². The number of anilines is 3. The smallest absolute Gasteiger partial charge is 0.434 e. The summed E-state index contributed by atoms with van der Waals surface area (Å²) in [6, 6.07) is 3.26. The molecular formula is C26H30F3N7O4S. The lowest BCUT2D eigenvalue weighted by molar-refractivity contribution is -0.141. The fourth-order valence-electron chi connectivity index (χ4n) is 3.95. The number of amides is 2. The summed E-state index contributed by atoms with van der Waals surface area (Å²) >= 11 is 0.914. The lowest BCUT2D eigenvalue weighted by Crippen LogP contribution is -2.42. The van der Waals surface area contributed by atoms with Crippen LogP contribution in [0.4, 0.5) is 34.5 Å². The van der Waals surface area contributed by atoms with Gasteiger partial charge in [0.25, 0.3) is 5.91 Å². The highest BCUT2D eigenvalue weighted by Crippen LogP contribution is 2.31. The number of pyridine rings is 1. The van der Waals surface area contributed by atoms with E-state index in [9.17, 15) is 22.8 Å². The standard InChI is InChI=1S/C26H30F3N7O4S/c1-15-21(23(41-35-15)34-19-13-30-12-18(33-19)26(27,28)29)22(37)32-17-5-6-20(31-11-17)39-14-16-7-9-36(10-8-16)24(38)40-25(2,3)4/h5-6,11-13,16H,7-10,14H2,1-4H3,(H,32,37)(H,33,34). The number of piperidine rings is 1. The molecule has 1 aliphatic rings. The molecule has 15 heteroatoms. The van der Waals surface area contributed by atoms with E-state index in [1.54, 1.807) is 24.0 Å². The van der Waals surface area contributed by atoms with Crippen LogP contribution in [-0.4, -0.2) is 61.5 Å². The fraction of sp³-hybridized carbons (Fsp3) is 0.462. The highest BCUT2D eigenvalue weighted by molar-refractivity contribution is 7.10. The van der Waals surface area contributed by atoms with Crippen LogP contribution in [0.5, 0.6) is 5.88 Å². The van der Waals surface area contributed by atoms with Crippen LogP contribution in [0, 0.1) is 12.8 Å². The molecule has 4 heterocycles. The zero-order chi connectivity index (χ0) is 29.8. The molecule has 0 aliphatic carbocycles. The van der Waals surface area contributed by atoms with E-state index in [2.05, 4.69) is 30.0 Å². The van der Waals surface area contributed by atoms with Gasteiger partial charge in [-0.1, -0.05) is 0 Å². The molecule has 1 aliphatic heterocycles. The van der Waals surface area contributed by atoms with E-state index in [1.807, 2.05) is 20.8 Å². The summed E-state index contributed by atoms with van der Waals surface area (Å²) < 4.78 is 54.3. The molecule has 3 aromatic heterocycles. The maximum Gasteiger partial charge on any atom is 0.434 e. The number of likely N-dealkylation sites (tertiary alicyclic amines) is 1. The van der Waals surface area contributed by atoms with Crippen LogP contribution < -0.4 is 15.4 Å². The predicted molar refractivity (Wildman–Crippen MR) is 145 cm³/mol. The summed E-state index contributed by atoms with van der Waals surface area (Å²) in [5, 5.41) is 5.64. The van der Waals surface area contributed by atoms with Crippen molar-refractivity contribution in [3.05, 3.63) is 47.7 Å². The van der Waals surface area contributed by atoms with Gasteiger partial charge in [-0.2, -0.15) is 17.5 Å². The highest BCUT2D eigenvalue weighted by Gasteiger charge is 2.33. The van der Waals surface area contributed by atoms with Crippen LogP contribution in [0.25, 0.3) is 0 Å². The first-order valence-electron chi connectivity index (χ1n) is 12.8. The minimum atomic E-state index is -4.66. The second kappa shape index (κ2) is 12.2. The van der Waals surface area contributed by atoms with Gasteiger partial charge in [-0.15, -0.1) is 0 Å². The summed E-state index contributed by atoms with van der Waals surface area (Å²) in [5.74, 6) is -0.0464. The molecule has 0 aromatic carbocycles. The van der Waals surface area contributed by atoms with Crippen LogP contribution in [0.3, 0.4) is 0 Å². The van der Waals surface area contributed by atoms with Crippen molar-refractivity contribution < 1.29 is 32.2 Å². The van der Waals surface area contributed by atoms with Gasteiger partial charge >= 0.3 is 12.3 Å². The monoisotopic (exact) mass is 593 g/mol. The van der Waals surface area contributed by atoms with Crippen LogP contribution in [-0.2, 0) is 10.9 Å². The second-order valence-corrected chi connectivity index (χ2v) is 11.2. The third kappa shape index (κ3) is 8.25. The molecule has 41 heavy (non-hydrogen) atoms. The van der Waals surface area contributed by atoms with E-state index < -0.39 is 23.4 Å². The third-order valence-corrected chi connectivity index (χ3v) is 6.84. The van der Waals surface area contributed by atoms with Gasteiger partial charge in [0.2, 0.25) is 5.88 Å². The number of halogens is 3. The molecule has 0 saturated carbocycles. The quantitative estimate of drug-likeness (QED) is 0.355. The first kappa shape index (κ1) is 30.0. The molecular weight excluding hydrogens is 563 g/mol. The van der Waals surface area contributed by atoms with Gasteiger partial charge in [0, 0.05) is 19.2 Å². The second-order valence-electron chi connectivity index (χ2n) is 10.4. The Bertz CT molecular complexity index is 1370. The first-order chi connectivity index (χ1) is 19.3. The zero-order valence-electron chi connectivity index (χ0n) is 22.9. The molecule has 2 N–H and O–H groups in total. The molecule has 2 amide bonds. The van der Waals surface area contributed by atoms with Gasteiger partial charge in [-0.3, -0.25) is 9.78 Å². The van der Waals surface area contributed by atoms with Crippen LogP contribution in [0.15, 0.2) is 30.7 Å². The SMILES string of the molecule is Cc1nsc(Nc2cncc(C(F)(F)F)n2)c1C(=O)Nc1ccc(OCC2CCN(C(=O)OC(C)(C)C)CC2)nc1. The lowest BCUT2D eigenvalue weighted by atomic mass is 9.98. The molecule has 11 nitrogen and oxygen atoms in total. The van der Waals surface area contributed by atoms with Crippen molar-refractivity contribution in [3.63, 3.8) is 0 Å². The minimum Gasteiger partial charge on any atom is -0.477 e. The number of hydrogen-bond acceptors (Lipinski definition) is 10. The van der Waals surface area contributed by atoms with Gasteiger partial charge in [0.1, 0.15) is 16.4 Å². The van der Waals surface area contributed by atoms with Crippen molar-refractivity contribution >= 4 is 40.0 Å². The summed E-state index contributed by atoms with van der Waals surface area (Å²) in [6.07, 6.45) is -0.216. The molecule has 0 unspecified atom stereocenters. The summed E-state index contributed by atoms with van der Waals surface area (Å²) in [5.41, 5.74) is -0.750. The maximum atomic E-state index is 13.0. The van der Waals surface area contributed by atoms with Gasteiger partial charge in [-0.25, -0.2) is 14.8 Å². The van der Waals surface area contributed by atoms with E-state index in [-0.39, 0.29) is 28.4 Å². The average Bonchev–Trinajstić information content (AvgIpc) is 3.27. The Kier molecular flexibility index (Phi) is 8.95. The Hall–Kier alpha value is -4.01. The van der Waals surface area contributed by atoms with E-state index in [0.29, 0.717) is 43.2 Å². The van der Waals surface area contributed by atoms with Crippen molar-refractivity contribution in [1.29, 1.82) is 0 Å². The Morgan fingerprint density at radius 3 is 2.49 bits per heavy atom.